The first-order valence-corrected chi connectivity index (χ1v) is 7.09. The molecule has 0 saturated carbocycles. The van der Waals surface area contributed by atoms with Crippen molar-refractivity contribution >= 4 is 23.5 Å². The van der Waals surface area contributed by atoms with Gasteiger partial charge in [0, 0.05) is 12.8 Å². The highest BCUT2D eigenvalue weighted by atomic mass is 35.5. The van der Waals surface area contributed by atoms with Crippen LogP contribution in [-0.2, 0) is 4.74 Å². The van der Waals surface area contributed by atoms with Crippen molar-refractivity contribution in [2.45, 2.75) is 18.9 Å². The van der Waals surface area contributed by atoms with Crippen LogP contribution in [0.4, 0.5) is 5.69 Å². The van der Waals surface area contributed by atoms with Crippen LogP contribution < -0.4 is 0 Å². The largest absolute Gasteiger partial charge is 0.493 e. The van der Waals surface area contributed by atoms with Crippen molar-refractivity contribution < 1.29 is 14.9 Å². The van der Waals surface area contributed by atoms with Gasteiger partial charge in [0.15, 0.2) is 0 Å². The fourth-order valence-electron chi connectivity index (χ4n) is 2.32. The highest BCUT2D eigenvalue weighted by molar-refractivity contribution is 6.35. The predicted octanol–water partition coefficient (Wildman–Crippen LogP) is 3.42. The van der Waals surface area contributed by atoms with E-state index in [0.29, 0.717) is 12.3 Å². The third-order valence-electron chi connectivity index (χ3n) is 3.39. The van der Waals surface area contributed by atoms with E-state index < -0.39 is 0 Å². The molecule has 1 aliphatic rings. The van der Waals surface area contributed by atoms with E-state index in [0.717, 1.165) is 12.8 Å². The number of benzene rings is 1. The molecule has 0 spiro atoms. The van der Waals surface area contributed by atoms with Crippen LogP contribution >= 0.6 is 11.6 Å². The predicted molar refractivity (Wildman–Crippen MR) is 81.2 cm³/mol. The van der Waals surface area contributed by atoms with Crippen LogP contribution in [0.5, 0.6) is 11.8 Å². The number of hydrogen-bond donors (Lipinski definition) is 2. The molecular formula is C15H15ClN2O3. The lowest BCUT2D eigenvalue weighted by molar-refractivity contribution is 0.162. The van der Waals surface area contributed by atoms with Gasteiger partial charge in [-0.25, -0.2) is 4.57 Å². The number of hydrogen-bond acceptors (Lipinski definition) is 4. The zero-order valence-corrected chi connectivity index (χ0v) is 12.0. The summed E-state index contributed by atoms with van der Waals surface area (Å²) in [6, 6.07) is 8.96. The number of halogens is 1. The van der Waals surface area contributed by atoms with Crippen LogP contribution in [0.15, 0.2) is 35.3 Å². The van der Waals surface area contributed by atoms with Crippen molar-refractivity contribution in [3.63, 3.8) is 0 Å². The molecule has 1 aromatic heterocycles. The lowest BCUT2D eigenvalue weighted by Gasteiger charge is -2.05. The maximum absolute atomic E-state index is 10.3. The monoisotopic (exact) mass is 306 g/mol. The van der Waals surface area contributed by atoms with Gasteiger partial charge in [-0.15, -0.1) is 0 Å². The van der Waals surface area contributed by atoms with Crippen molar-refractivity contribution in [3.8, 4) is 17.4 Å². The molecule has 0 radical (unpaired) electrons. The number of ether oxygens (including phenoxy) is 1. The van der Waals surface area contributed by atoms with E-state index in [1.807, 2.05) is 6.07 Å². The van der Waals surface area contributed by atoms with Crippen LogP contribution in [0, 0.1) is 0 Å². The van der Waals surface area contributed by atoms with Crippen LogP contribution in [0.1, 0.15) is 12.8 Å². The number of para-hydroxylation sites is 1. The number of aromatic nitrogens is 1. The number of nitrogens with zero attached hydrogens (tertiary/aromatic N) is 2. The van der Waals surface area contributed by atoms with E-state index in [1.165, 1.54) is 4.57 Å². The fourth-order valence-corrected chi connectivity index (χ4v) is 2.54. The van der Waals surface area contributed by atoms with E-state index in [1.54, 1.807) is 30.5 Å². The van der Waals surface area contributed by atoms with Crippen molar-refractivity contribution in [1.29, 1.82) is 0 Å². The van der Waals surface area contributed by atoms with E-state index in [-0.39, 0.29) is 28.6 Å². The van der Waals surface area contributed by atoms with Gasteiger partial charge < -0.3 is 14.9 Å². The molecule has 5 nitrogen and oxygen atoms in total. The molecule has 0 aliphatic carbocycles. The van der Waals surface area contributed by atoms with Crippen molar-refractivity contribution in [1.82, 2.24) is 4.57 Å². The number of rotatable bonds is 3. The first-order valence-electron chi connectivity index (χ1n) is 6.72. The second-order valence-corrected chi connectivity index (χ2v) is 5.19. The normalized spacial score (nSPS) is 18.6. The molecule has 1 fully saturated rings. The van der Waals surface area contributed by atoms with Gasteiger partial charge in [-0.05, 0) is 25.0 Å². The molecule has 0 amide bonds. The minimum atomic E-state index is -0.236. The molecule has 1 atom stereocenters. The smallest absolute Gasteiger partial charge is 0.226 e. The third kappa shape index (κ3) is 2.62. The molecule has 3 rings (SSSR count). The Morgan fingerprint density at radius 3 is 2.67 bits per heavy atom. The Bertz CT molecular complexity index is 661. The van der Waals surface area contributed by atoms with Gasteiger partial charge in [-0.2, -0.15) is 0 Å². The summed E-state index contributed by atoms with van der Waals surface area (Å²) in [6.07, 6.45) is 3.44. The Hall–Kier alpha value is -1.98. The van der Waals surface area contributed by atoms with Gasteiger partial charge >= 0.3 is 0 Å². The first-order chi connectivity index (χ1) is 10.2. The standard InChI is InChI=1S/C15H15ClN2O3/c16-12-13(17-9-11-7-4-8-21-11)15(20)18(14(12)19)10-5-2-1-3-6-10/h1-3,5-6,9,11,19-20H,4,7-8H2. The van der Waals surface area contributed by atoms with Crippen LogP contribution in [-0.4, -0.2) is 33.7 Å². The molecular weight excluding hydrogens is 292 g/mol. The molecule has 110 valence electrons. The maximum atomic E-state index is 10.3. The topological polar surface area (TPSA) is 67.0 Å². The lowest BCUT2D eigenvalue weighted by atomic mass is 10.2. The maximum Gasteiger partial charge on any atom is 0.226 e. The zero-order chi connectivity index (χ0) is 14.8. The molecule has 21 heavy (non-hydrogen) atoms. The quantitative estimate of drug-likeness (QED) is 0.854. The van der Waals surface area contributed by atoms with Crippen molar-refractivity contribution in [3.05, 3.63) is 35.4 Å². The van der Waals surface area contributed by atoms with E-state index in [4.69, 9.17) is 16.3 Å². The van der Waals surface area contributed by atoms with Crippen LogP contribution in [0.3, 0.4) is 0 Å². The molecule has 1 aromatic carbocycles. The molecule has 1 unspecified atom stereocenters. The summed E-state index contributed by atoms with van der Waals surface area (Å²) >= 11 is 6.07. The molecule has 1 saturated heterocycles. The third-order valence-corrected chi connectivity index (χ3v) is 3.74. The lowest BCUT2D eigenvalue weighted by Crippen LogP contribution is -2.05. The van der Waals surface area contributed by atoms with Gasteiger partial charge in [0.2, 0.25) is 11.8 Å². The highest BCUT2D eigenvalue weighted by Gasteiger charge is 2.22. The highest BCUT2D eigenvalue weighted by Crippen LogP contribution is 2.45. The molecule has 2 N–H and O–H groups in total. The van der Waals surface area contributed by atoms with Gasteiger partial charge in [-0.1, -0.05) is 29.8 Å². The Balaban J connectivity index is 1.99. The van der Waals surface area contributed by atoms with Crippen LogP contribution in [0.2, 0.25) is 5.02 Å². The van der Waals surface area contributed by atoms with Gasteiger partial charge in [0.25, 0.3) is 0 Å². The summed E-state index contributed by atoms with van der Waals surface area (Å²) in [6.45, 7) is 0.715. The van der Waals surface area contributed by atoms with E-state index in [2.05, 4.69) is 4.99 Å². The Kier molecular flexibility index (Phi) is 3.86. The first kappa shape index (κ1) is 14.0. The summed E-state index contributed by atoms with van der Waals surface area (Å²) in [4.78, 5) is 4.18. The minimum absolute atomic E-state index is 0.0191. The Labute approximate surface area is 127 Å². The summed E-state index contributed by atoms with van der Waals surface area (Å²) < 4.78 is 6.69. The average molecular weight is 307 g/mol. The molecule has 0 bridgehead atoms. The number of aliphatic imine (C=N–C) groups is 1. The van der Waals surface area contributed by atoms with Gasteiger partial charge in [-0.3, -0.25) is 4.99 Å². The molecule has 6 heteroatoms. The van der Waals surface area contributed by atoms with Gasteiger partial charge in [0.1, 0.15) is 10.7 Å². The van der Waals surface area contributed by atoms with E-state index in [9.17, 15) is 10.2 Å². The second-order valence-electron chi connectivity index (χ2n) is 4.81. The average Bonchev–Trinajstić information content (AvgIpc) is 3.08. The summed E-state index contributed by atoms with van der Waals surface area (Å²) in [7, 11) is 0. The van der Waals surface area contributed by atoms with E-state index >= 15 is 0 Å². The summed E-state index contributed by atoms with van der Waals surface area (Å²) in [5, 5.41) is 20.4. The number of aromatic hydroxyl groups is 2. The fraction of sp³-hybridized carbons (Fsp3) is 0.267. The summed E-state index contributed by atoms with van der Waals surface area (Å²) in [5.41, 5.74) is 0.751. The SMILES string of the molecule is Oc1c(Cl)c(N=CC2CCCO2)c(O)n1-c1ccccc1. The molecule has 2 heterocycles. The van der Waals surface area contributed by atoms with Crippen LogP contribution in [0.25, 0.3) is 5.69 Å². The second kappa shape index (κ2) is 5.79. The zero-order valence-electron chi connectivity index (χ0n) is 11.2. The molecule has 1 aliphatic heterocycles. The Morgan fingerprint density at radius 1 is 1.24 bits per heavy atom. The molecule has 2 aromatic rings. The van der Waals surface area contributed by atoms with Crippen molar-refractivity contribution in [2.75, 3.05) is 6.61 Å². The van der Waals surface area contributed by atoms with Gasteiger partial charge in [0.05, 0.1) is 11.8 Å². The summed E-state index contributed by atoms with van der Waals surface area (Å²) in [5.74, 6) is -0.433. The minimum Gasteiger partial charge on any atom is -0.493 e. The Morgan fingerprint density at radius 2 is 2.00 bits per heavy atom. The van der Waals surface area contributed by atoms with Crippen molar-refractivity contribution in [2.24, 2.45) is 4.99 Å².